The number of nitrogens with zero attached hydrogens (tertiary/aromatic N) is 2. The summed E-state index contributed by atoms with van der Waals surface area (Å²) in [6.45, 7) is 5.21. The minimum absolute atomic E-state index is 0.392. The minimum atomic E-state index is -0.612. The smallest absolute Gasteiger partial charge is 0.331 e. The normalized spacial score (nSPS) is 10.9. The van der Waals surface area contributed by atoms with E-state index < -0.39 is 18.5 Å². The summed E-state index contributed by atoms with van der Waals surface area (Å²) in [7, 11) is 0. The molecule has 1 N–H and O–H groups in total. The predicted molar refractivity (Wildman–Crippen MR) is 118 cm³/mol. The number of hydrogen-bond acceptors (Lipinski definition) is 4. The van der Waals surface area contributed by atoms with Gasteiger partial charge in [-0.1, -0.05) is 35.9 Å². The van der Waals surface area contributed by atoms with Gasteiger partial charge in [-0.2, -0.15) is 5.10 Å². The number of carbonyl (C=O) groups excluding carboxylic acids is 2. The van der Waals surface area contributed by atoms with Crippen LogP contribution in [-0.2, 0) is 14.3 Å². The van der Waals surface area contributed by atoms with Crippen molar-refractivity contribution in [3.8, 4) is 5.69 Å². The van der Waals surface area contributed by atoms with Gasteiger partial charge in [-0.3, -0.25) is 4.79 Å². The van der Waals surface area contributed by atoms with Crippen LogP contribution in [0.25, 0.3) is 11.8 Å². The Morgan fingerprint density at radius 2 is 1.83 bits per heavy atom. The zero-order valence-corrected chi connectivity index (χ0v) is 17.7. The second-order valence-corrected chi connectivity index (χ2v) is 7.14. The van der Waals surface area contributed by atoms with E-state index in [-0.39, 0.29) is 0 Å². The van der Waals surface area contributed by atoms with Crippen LogP contribution in [0.15, 0.2) is 54.6 Å². The van der Waals surface area contributed by atoms with Gasteiger partial charge >= 0.3 is 5.97 Å². The summed E-state index contributed by atoms with van der Waals surface area (Å²) >= 11 is 6.04. The molecule has 0 spiro atoms. The van der Waals surface area contributed by atoms with Crippen molar-refractivity contribution in [3.05, 3.63) is 82.1 Å². The molecule has 7 heteroatoms. The maximum Gasteiger partial charge on any atom is 0.331 e. The predicted octanol–water partition coefficient (Wildman–Crippen LogP) is 4.65. The number of carbonyl (C=O) groups is 2. The van der Waals surface area contributed by atoms with Gasteiger partial charge in [0.2, 0.25) is 0 Å². The topological polar surface area (TPSA) is 73.2 Å². The Morgan fingerprint density at radius 1 is 1.10 bits per heavy atom. The first-order valence-corrected chi connectivity index (χ1v) is 9.76. The summed E-state index contributed by atoms with van der Waals surface area (Å²) in [6.07, 6.45) is 2.95. The number of amides is 1. The van der Waals surface area contributed by atoms with E-state index in [0.29, 0.717) is 10.7 Å². The zero-order chi connectivity index (χ0) is 21.7. The maximum absolute atomic E-state index is 12.1. The van der Waals surface area contributed by atoms with E-state index in [0.717, 1.165) is 28.2 Å². The van der Waals surface area contributed by atoms with E-state index in [1.165, 1.54) is 6.08 Å². The molecule has 0 unspecified atom stereocenters. The summed E-state index contributed by atoms with van der Waals surface area (Å²) in [5.74, 6) is -1.05. The number of aryl methyl sites for hydroxylation is 1. The van der Waals surface area contributed by atoms with Crippen LogP contribution in [0.4, 0.5) is 5.69 Å². The molecule has 0 radical (unpaired) electrons. The molecule has 0 saturated heterocycles. The average molecular weight is 424 g/mol. The molecule has 1 aromatic heterocycles. The monoisotopic (exact) mass is 423 g/mol. The fourth-order valence-electron chi connectivity index (χ4n) is 2.98. The summed E-state index contributed by atoms with van der Waals surface area (Å²) in [4.78, 5) is 24.1. The number of ether oxygens (including phenoxy) is 1. The van der Waals surface area contributed by atoms with Gasteiger partial charge in [0.15, 0.2) is 6.61 Å². The third-order valence-electron chi connectivity index (χ3n) is 4.62. The molecule has 30 heavy (non-hydrogen) atoms. The van der Waals surface area contributed by atoms with Gasteiger partial charge in [-0.05, 0) is 56.7 Å². The van der Waals surface area contributed by atoms with E-state index in [1.54, 1.807) is 31.2 Å². The second kappa shape index (κ2) is 9.41. The first-order valence-electron chi connectivity index (χ1n) is 9.38. The second-order valence-electron chi connectivity index (χ2n) is 6.73. The molecule has 6 nitrogen and oxygen atoms in total. The largest absolute Gasteiger partial charge is 0.452 e. The lowest BCUT2D eigenvalue weighted by Crippen LogP contribution is -2.20. The van der Waals surface area contributed by atoms with Crippen molar-refractivity contribution in [1.82, 2.24) is 9.78 Å². The van der Waals surface area contributed by atoms with Crippen LogP contribution in [-0.4, -0.2) is 28.3 Å². The number of nitrogens with one attached hydrogen (secondary N) is 1. The Labute approximate surface area is 180 Å². The molecular weight excluding hydrogens is 402 g/mol. The molecule has 0 bridgehead atoms. The van der Waals surface area contributed by atoms with Crippen LogP contribution < -0.4 is 5.32 Å². The maximum atomic E-state index is 12.1. The molecule has 1 heterocycles. The molecule has 3 aromatic rings. The lowest BCUT2D eigenvalue weighted by atomic mass is 10.2. The number of benzene rings is 2. The van der Waals surface area contributed by atoms with Crippen molar-refractivity contribution in [1.29, 1.82) is 0 Å². The highest BCUT2D eigenvalue weighted by atomic mass is 35.5. The lowest BCUT2D eigenvalue weighted by molar-refractivity contribution is -0.142. The molecular formula is C23H22ClN3O3. The molecule has 0 aliphatic carbocycles. The van der Waals surface area contributed by atoms with Gasteiger partial charge < -0.3 is 10.1 Å². The Balaban J connectivity index is 1.61. The molecule has 0 saturated carbocycles. The van der Waals surface area contributed by atoms with Crippen molar-refractivity contribution >= 4 is 35.2 Å². The van der Waals surface area contributed by atoms with Crippen molar-refractivity contribution < 1.29 is 14.3 Å². The molecule has 154 valence electrons. The highest BCUT2D eigenvalue weighted by Gasteiger charge is 2.12. The van der Waals surface area contributed by atoms with E-state index in [4.69, 9.17) is 16.3 Å². The number of hydrogen-bond donors (Lipinski definition) is 1. The van der Waals surface area contributed by atoms with Crippen LogP contribution in [0.1, 0.15) is 22.5 Å². The van der Waals surface area contributed by atoms with Crippen LogP contribution in [0.5, 0.6) is 0 Å². The Hall–Kier alpha value is -3.38. The summed E-state index contributed by atoms with van der Waals surface area (Å²) in [6, 6.07) is 14.9. The van der Waals surface area contributed by atoms with Gasteiger partial charge in [0.05, 0.1) is 11.4 Å². The Morgan fingerprint density at radius 3 is 2.57 bits per heavy atom. The number of anilines is 1. The van der Waals surface area contributed by atoms with Crippen molar-refractivity contribution in [3.63, 3.8) is 0 Å². The van der Waals surface area contributed by atoms with E-state index in [1.807, 2.05) is 48.9 Å². The molecule has 0 fully saturated rings. The summed E-state index contributed by atoms with van der Waals surface area (Å²) < 4.78 is 6.86. The minimum Gasteiger partial charge on any atom is -0.452 e. The first kappa shape index (κ1) is 21.3. The number of rotatable bonds is 6. The number of esters is 1. The van der Waals surface area contributed by atoms with Gasteiger partial charge in [-0.25, -0.2) is 9.48 Å². The van der Waals surface area contributed by atoms with Gasteiger partial charge in [0, 0.05) is 28.0 Å². The third-order valence-corrected chi connectivity index (χ3v) is 5.03. The SMILES string of the molecule is Cc1nn(-c2ccccc2)c(C)c1/C=C/C(=O)OCC(=O)Nc1cccc(Cl)c1C. The molecule has 0 aliphatic rings. The summed E-state index contributed by atoms with van der Waals surface area (Å²) in [5, 5.41) is 7.77. The fraction of sp³-hybridized carbons (Fsp3) is 0.174. The zero-order valence-electron chi connectivity index (χ0n) is 17.0. The van der Waals surface area contributed by atoms with Gasteiger partial charge in [0.1, 0.15) is 0 Å². The lowest BCUT2D eigenvalue weighted by Gasteiger charge is -2.09. The molecule has 0 atom stereocenters. The van der Waals surface area contributed by atoms with E-state index in [9.17, 15) is 9.59 Å². The Kier molecular flexibility index (Phi) is 6.69. The van der Waals surface area contributed by atoms with Crippen LogP contribution in [0.2, 0.25) is 5.02 Å². The summed E-state index contributed by atoms with van der Waals surface area (Å²) in [5.41, 5.74) is 4.79. The third kappa shape index (κ3) is 4.96. The van der Waals surface area contributed by atoms with Crippen molar-refractivity contribution in [2.24, 2.45) is 0 Å². The highest BCUT2D eigenvalue weighted by molar-refractivity contribution is 6.31. The number of para-hydroxylation sites is 1. The number of aromatic nitrogens is 2. The molecule has 0 aliphatic heterocycles. The van der Waals surface area contributed by atoms with Crippen molar-refractivity contribution in [2.45, 2.75) is 20.8 Å². The molecule has 3 rings (SSSR count). The Bertz CT molecular complexity index is 1100. The van der Waals surface area contributed by atoms with E-state index in [2.05, 4.69) is 10.4 Å². The van der Waals surface area contributed by atoms with Crippen LogP contribution >= 0.6 is 11.6 Å². The standard InChI is InChI=1S/C23H22ClN3O3/c1-15-20(24)10-7-11-21(15)25-22(28)14-30-23(29)13-12-19-16(2)26-27(17(19)3)18-8-5-4-6-9-18/h4-13H,14H2,1-3H3,(H,25,28)/b13-12+. The quantitative estimate of drug-likeness (QED) is 0.462. The van der Waals surface area contributed by atoms with Crippen LogP contribution in [0, 0.1) is 20.8 Å². The van der Waals surface area contributed by atoms with E-state index >= 15 is 0 Å². The van der Waals surface area contributed by atoms with Gasteiger partial charge in [0.25, 0.3) is 5.91 Å². The number of halogens is 1. The molecule has 2 aromatic carbocycles. The first-order chi connectivity index (χ1) is 14.4. The van der Waals surface area contributed by atoms with Gasteiger partial charge in [-0.15, -0.1) is 0 Å². The highest BCUT2D eigenvalue weighted by Crippen LogP contribution is 2.23. The van der Waals surface area contributed by atoms with Crippen molar-refractivity contribution in [2.75, 3.05) is 11.9 Å². The molecule has 1 amide bonds. The van der Waals surface area contributed by atoms with Crippen LogP contribution in [0.3, 0.4) is 0 Å². The fourth-order valence-corrected chi connectivity index (χ4v) is 3.16. The average Bonchev–Trinajstić information content (AvgIpc) is 3.02.